The van der Waals surface area contributed by atoms with Crippen LogP contribution in [0.25, 0.3) is 0 Å². The minimum absolute atomic E-state index is 0.248. The van der Waals surface area contributed by atoms with Crippen molar-refractivity contribution in [1.29, 1.82) is 0 Å². The SMILES string of the molecule is CCOC(=O)c1ccc(NC(=O)Cn2c3c(sc2=O)C(c2ccc(N(C)C)cc2)C2C(=O)N(c4ccc(Cl)cc4)C(=O)C2S3)cc1. The van der Waals surface area contributed by atoms with Gasteiger partial charge in [0.2, 0.25) is 17.7 Å². The van der Waals surface area contributed by atoms with E-state index >= 15 is 0 Å². The molecule has 1 saturated heterocycles. The molecule has 3 unspecified atom stereocenters. The molecular formula is C33H29ClN4O6S2. The Balaban J connectivity index is 1.34. The zero-order chi connectivity index (χ0) is 32.7. The standard InChI is InChI=1S/C33H29ClN4O6S2/c1-4-44-32(42)19-5-11-21(12-6-19)35-24(39)17-37-31-28(46-33(37)43)25(18-7-13-22(14-8-18)36(2)3)26-27(45-31)30(41)38(29(26)40)23-15-9-20(34)10-16-23/h5-16,25-27H,4,17H2,1-3H3,(H,35,39). The Morgan fingerprint density at radius 1 is 0.935 bits per heavy atom. The fourth-order valence-electron chi connectivity index (χ4n) is 5.69. The van der Waals surface area contributed by atoms with Crippen LogP contribution in [0.5, 0.6) is 0 Å². The smallest absolute Gasteiger partial charge is 0.338 e. The Labute approximate surface area is 277 Å². The molecule has 0 spiro atoms. The third-order valence-corrected chi connectivity index (χ3v) is 10.7. The Kier molecular flexibility index (Phi) is 8.78. The first kappa shape index (κ1) is 31.6. The van der Waals surface area contributed by atoms with Crippen molar-refractivity contribution in [2.45, 2.75) is 29.7 Å². The summed E-state index contributed by atoms with van der Waals surface area (Å²) in [6.45, 7) is 1.66. The number of carbonyl (C=O) groups excluding carboxylic acids is 4. The summed E-state index contributed by atoms with van der Waals surface area (Å²) < 4.78 is 6.37. The van der Waals surface area contributed by atoms with Crippen LogP contribution in [0.1, 0.15) is 33.6 Å². The summed E-state index contributed by atoms with van der Waals surface area (Å²) in [5.74, 6) is -3.01. The molecule has 10 nitrogen and oxygen atoms in total. The first-order valence-electron chi connectivity index (χ1n) is 14.4. The van der Waals surface area contributed by atoms with Gasteiger partial charge in [0.05, 0.1) is 28.8 Å². The van der Waals surface area contributed by atoms with Gasteiger partial charge < -0.3 is 15.0 Å². The molecule has 46 heavy (non-hydrogen) atoms. The molecule has 0 radical (unpaired) electrons. The molecule has 236 valence electrons. The first-order valence-corrected chi connectivity index (χ1v) is 16.5. The van der Waals surface area contributed by atoms with E-state index < -0.39 is 29.0 Å². The number of thioether (sulfide) groups is 1. The molecule has 1 aromatic heterocycles. The van der Waals surface area contributed by atoms with Crippen LogP contribution in [0.15, 0.2) is 82.6 Å². The van der Waals surface area contributed by atoms with Crippen molar-refractivity contribution >= 4 is 75.5 Å². The number of hydrogen-bond donors (Lipinski definition) is 1. The minimum atomic E-state index is -0.812. The van der Waals surface area contributed by atoms with Crippen LogP contribution in [-0.2, 0) is 25.7 Å². The summed E-state index contributed by atoms with van der Waals surface area (Å²) in [5.41, 5.74) is 2.96. The first-order chi connectivity index (χ1) is 22.1. The molecule has 3 amide bonds. The maximum absolute atomic E-state index is 14.1. The van der Waals surface area contributed by atoms with Crippen molar-refractivity contribution in [3.05, 3.63) is 103 Å². The molecule has 0 saturated carbocycles. The van der Waals surface area contributed by atoms with Gasteiger partial charge in [-0.2, -0.15) is 0 Å². The number of esters is 1. The number of aromatic nitrogens is 1. The van der Waals surface area contributed by atoms with Crippen LogP contribution < -0.4 is 20.0 Å². The van der Waals surface area contributed by atoms with Crippen LogP contribution in [0.4, 0.5) is 17.1 Å². The summed E-state index contributed by atoms with van der Waals surface area (Å²) in [5, 5.41) is 2.93. The van der Waals surface area contributed by atoms with Crippen LogP contribution in [-0.4, -0.2) is 54.2 Å². The van der Waals surface area contributed by atoms with Gasteiger partial charge in [-0.05, 0) is 73.2 Å². The molecule has 2 aliphatic heterocycles. The average Bonchev–Trinajstić information content (AvgIpc) is 3.48. The maximum atomic E-state index is 14.1. The molecule has 6 rings (SSSR count). The molecular weight excluding hydrogens is 648 g/mol. The largest absolute Gasteiger partial charge is 0.462 e. The number of anilines is 3. The second-order valence-corrected chi connectivity index (χ2v) is 13.5. The van der Waals surface area contributed by atoms with Crippen molar-refractivity contribution in [3.8, 4) is 0 Å². The number of rotatable bonds is 8. The van der Waals surface area contributed by atoms with E-state index in [9.17, 15) is 24.0 Å². The van der Waals surface area contributed by atoms with Gasteiger partial charge in [0, 0.05) is 41.3 Å². The number of thiazole rings is 1. The zero-order valence-corrected chi connectivity index (χ0v) is 27.4. The van der Waals surface area contributed by atoms with Gasteiger partial charge in [-0.15, -0.1) is 0 Å². The molecule has 0 bridgehead atoms. The molecule has 0 aliphatic carbocycles. The van der Waals surface area contributed by atoms with Gasteiger partial charge >= 0.3 is 10.8 Å². The van der Waals surface area contributed by atoms with Gasteiger partial charge in [0.25, 0.3) is 0 Å². The van der Waals surface area contributed by atoms with Crippen molar-refractivity contribution in [2.24, 2.45) is 5.92 Å². The van der Waals surface area contributed by atoms with E-state index in [0.717, 1.165) is 34.3 Å². The molecule has 1 fully saturated rings. The number of halogens is 1. The van der Waals surface area contributed by atoms with Gasteiger partial charge in [-0.1, -0.05) is 46.8 Å². The number of fused-ring (bicyclic) bond motifs is 2. The Bertz CT molecular complexity index is 1890. The summed E-state index contributed by atoms with van der Waals surface area (Å²) in [4.78, 5) is 70.0. The fraction of sp³-hybridized carbons (Fsp3) is 0.242. The molecule has 3 aromatic carbocycles. The average molecular weight is 677 g/mol. The number of carbonyl (C=O) groups is 4. The summed E-state index contributed by atoms with van der Waals surface area (Å²) >= 11 is 8.21. The van der Waals surface area contributed by atoms with E-state index in [1.54, 1.807) is 55.5 Å². The lowest BCUT2D eigenvalue weighted by Crippen LogP contribution is -2.33. The number of nitrogens with zero attached hydrogens (tertiary/aromatic N) is 3. The normalized spacial score (nSPS) is 18.6. The topological polar surface area (TPSA) is 118 Å². The van der Waals surface area contributed by atoms with Gasteiger partial charge in [-0.25, -0.2) is 9.69 Å². The highest BCUT2D eigenvalue weighted by molar-refractivity contribution is 8.00. The van der Waals surface area contributed by atoms with Crippen LogP contribution in [0.3, 0.4) is 0 Å². The lowest BCUT2D eigenvalue weighted by molar-refractivity contribution is -0.122. The third kappa shape index (κ3) is 5.83. The number of imide groups is 1. The molecule has 1 N–H and O–H groups in total. The van der Waals surface area contributed by atoms with Crippen LogP contribution in [0.2, 0.25) is 5.02 Å². The summed E-state index contributed by atoms with van der Waals surface area (Å²) in [7, 11) is 3.85. The molecule has 13 heteroatoms. The predicted molar refractivity (Wildman–Crippen MR) is 179 cm³/mol. The number of hydrogen-bond acceptors (Lipinski definition) is 9. The Hall–Kier alpha value is -4.39. The lowest BCUT2D eigenvalue weighted by atomic mass is 9.83. The lowest BCUT2D eigenvalue weighted by Gasteiger charge is -2.31. The number of nitrogens with one attached hydrogen (secondary N) is 1. The van der Waals surface area contributed by atoms with Crippen molar-refractivity contribution in [2.75, 3.05) is 35.8 Å². The van der Waals surface area contributed by atoms with E-state index in [1.165, 1.54) is 9.47 Å². The molecule has 3 atom stereocenters. The number of ether oxygens (including phenoxy) is 1. The van der Waals surface area contributed by atoms with Crippen molar-refractivity contribution < 1.29 is 23.9 Å². The fourth-order valence-corrected chi connectivity index (χ4v) is 8.59. The van der Waals surface area contributed by atoms with Gasteiger partial charge in [0.1, 0.15) is 11.8 Å². The van der Waals surface area contributed by atoms with E-state index in [1.807, 2.05) is 43.3 Å². The second-order valence-electron chi connectivity index (χ2n) is 11.0. The third-order valence-electron chi connectivity index (χ3n) is 7.88. The van der Waals surface area contributed by atoms with Crippen molar-refractivity contribution in [1.82, 2.24) is 4.57 Å². The monoisotopic (exact) mass is 676 g/mol. The molecule has 3 heterocycles. The summed E-state index contributed by atoms with van der Waals surface area (Å²) in [6, 6.07) is 20.5. The predicted octanol–water partition coefficient (Wildman–Crippen LogP) is 5.24. The van der Waals surface area contributed by atoms with Crippen molar-refractivity contribution in [3.63, 3.8) is 0 Å². The highest BCUT2D eigenvalue weighted by Crippen LogP contribution is 2.54. The Morgan fingerprint density at radius 2 is 1.61 bits per heavy atom. The van der Waals surface area contributed by atoms with E-state index in [2.05, 4.69) is 5.32 Å². The minimum Gasteiger partial charge on any atom is -0.462 e. The Morgan fingerprint density at radius 3 is 2.24 bits per heavy atom. The van der Waals surface area contributed by atoms with E-state index in [4.69, 9.17) is 16.3 Å². The van der Waals surface area contributed by atoms with Gasteiger partial charge in [0.15, 0.2) is 0 Å². The van der Waals surface area contributed by atoms with E-state index in [-0.39, 0.29) is 29.8 Å². The molecule has 2 aliphatic rings. The highest BCUT2D eigenvalue weighted by Gasteiger charge is 2.56. The second kappa shape index (κ2) is 12.8. The highest BCUT2D eigenvalue weighted by atomic mass is 35.5. The quantitative estimate of drug-likeness (QED) is 0.199. The van der Waals surface area contributed by atoms with Gasteiger partial charge in [-0.3, -0.25) is 23.7 Å². The number of benzene rings is 3. The summed E-state index contributed by atoms with van der Waals surface area (Å²) in [6.07, 6.45) is 0. The van der Waals surface area contributed by atoms with E-state index in [0.29, 0.717) is 31.9 Å². The van der Waals surface area contributed by atoms with Crippen LogP contribution >= 0.6 is 34.7 Å². The van der Waals surface area contributed by atoms with Crippen LogP contribution in [0, 0.1) is 5.92 Å². The number of amides is 3. The molecule has 4 aromatic rings. The zero-order valence-electron chi connectivity index (χ0n) is 25.1. The maximum Gasteiger partial charge on any atom is 0.338 e.